The lowest BCUT2D eigenvalue weighted by atomic mass is 10.2. The maximum absolute atomic E-state index is 11.8. The molecule has 2 aromatic heterocycles. The second-order valence-corrected chi connectivity index (χ2v) is 4.79. The van der Waals surface area contributed by atoms with Crippen molar-refractivity contribution in [2.75, 3.05) is 0 Å². The van der Waals surface area contributed by atoms with Gasteiger partial charge >= 0.3 is 0 Å². The molecule has 3 aromatic rings. The van der Waals surface area contributed by atoms with E-state index in [-0.39, 0.29) is 5.43 Å². The van der Waals surface area contributed by atoms with E-state index in [0.29, 0.717) is 17.1 Å². The Kier molecular flexibility index (Phi) is 2.87. The molecular formula is C14H12ClN3O. The van der Waals surface area contributed by atoms with Crippen LogP contribution in [0.4, 0.5) is 0 Å². The zero-order valence-electron chi connectivity index (χ0n) is 10.4. The monoisotopic (exact) mass is 273 g/mol. The van der Waals surface area contributed by atoms with Gasteiger partial charge in [-0.1, -0.05) is 23.7 Å². The molecule has 2 heterocycles. The van der Waals surface area contributed by atoms with Crippen molar-refractivity contribution >= 4 is 22.5 Å². The molecule has 0 saturated carbocycles. The van der Waals surface area contributed by atoms with Crippen LogP contribution in [-0.2, 0) is 13.6 Å². The Hall–Kier alpha value is -2.07. The standard InChI is InChI=1S/C14H12ClN3O/c1-17-14(15)8-10(16-17)9-18-7-6-13(19)11-4-2-3-5-12(11)18/h2-8H,9H2,1H3. The van der Waals surface area contributed by atoms with E-state index in [2.05, 4.69) is 5.10 Å². The number of aromatic nitrogens is 3. The zero-order valence-corrected chi connectivity index (χ0v) is 11.1. The van der Waals surface area contributed by atoms with Gasteiger partial charge in [-0.25, -0.2) is 0 Å². The molecule has 5 heteroatoms. The highest BCUT2D eigenvalue weighted by Crippen LogP contribution is 2.14. The largest absolute Gasteiger partial charge is 0.341 e. The third kappa shape index (κ3) is 2.15. The third-order valence-electron chi connectivity index (χ3n) is 3.09. The van der Waals surface area contributed by atoms with E-state index in [0.717, 1.165) is 11.2 Å². The van der Waals surface area contributed by atoms with Gasteiger partial charge in [0.2, 0.25) is 0 Å². The summed E-state index contributed by atoms with van der Waals surface area (Å²) in [6.07, 6.45) is 1.78. The number of benzene rings is 1. The second-order valence-electron chi connectivity index (χ2n) is 4.41. The molecule has 0 aliphatic rings. The molecule has 0 aliphatic heterocycles. The van der Waals surface area contributed by atoms with E-state index in [9.17, 15) is 4.79 Å². The molecule has 0 fully saturated rings. The number of rotatable bonds is 2. The summed E-state index contributed by atoms with van der Waals surface area (Å²) < 4.78 is 3.62. The molecule has 0 amide bonds. The van der Waals surface area contributed by atoms with Gasteiger partial charge in [-0.2, -0.15) is 5.10 Å². The topological polar surface area (TPSA) is 39.8 Å². The van der Waals surface area contributed by atoms with E-state index < -0.39 is 0 Å². The number of fused-ring (bicyclic) bond motifs is 1. The fourth-order valence-electron chi connectivity index (χ4n) is 2.15. The molecule has 0 bridgehead atoms. The normalized spacial score (nSPS) is 11.1. The minimum absolute atomic E-state index is 0.0332. The summed E-state index contributed by atoms with van der Waals surface area (Å²) in [6, 6.07) is 11.0. The number of hydrogen-bond donors (Lipinski definition) is 0. The SMILES string of the molecule is Cn1nc(Cn2ccc(=O)c3ccccc32)cc1Cl. The first-order chi connectivity index (χ1) is 9.15. The van der Waals surface area contributed by atoms with Crippen LogP contribution < -0.4 is 5.43 Å². The smallest absolute Gasteiger partial charge is 0.189 e. The molecule has 0 saturated heterocycles. The van der Waals surface area contributed by atoms with Crippen molar-refractivity contribution in [2.45, 2.75) is 6.54 Å². The quantitative estimate of drug-likeness (QED) is 0.719. The Morgan fingerprint density at radius 2 is 2.05 bits per heavy atom. The van der Waals surface area contributed by atoms with Crippen LogP contribution in [0.3, 0.4) is 0 Å². The van der Waals surface area contributed by atoms with Gasteiger partial charge < -0.3 is 4.57 Å². The maximum Gasteiger partial charge on any atom is 0.189 e. The molecule has 19 heavy (non-hydrogen) atoms. The first-order valence-electron chi connectivity index (χ1n) is 5.92. The van der Waals surface area contributed by atoms with Crippen LogP contribution in [0, 0.1) is 0 Å². The minimum atomic E-state index is 0.0332. The van der Waals surface area contributed by atoms with Crippen molar-refractivity contribution in [3.63, 3.8) is 0 Å². The molecule has 0 aliphatic carbocycles. The second kappa shape index (κ2) is 4.55. The maximum atomic E-state index is 11.8. The summed E-state index contributed by atoms with van der Waals surface area (Å²) in [5.74, 6) is 0. The highest BCUT2D eigenvalue weighted by Gasteiger charge is 2.06. The molecule has 0 N–H and O–H groups in total. The summed E-state index contributed by atoms with van der Waals surface area (Å²) in [7, 11) is 1.80. The number of halogens is 1. The molecule has 0 radical (unpaired) electrons. The first kappa shape index (κ1) is 12.0. The van der Waals surface area contributed by atoms with E-state index in [4.69, 9.17) is 11.6 Å². The molecular weight excluding hydrogens is 262 g/mol. The molecule has 0 spiro atoms. The van der Waals surface area contributed by atoms with Crippen LogP contribution in [0.5, 0.6) is 0 Å². The molecule has 0 atom stereocenters. The van der Waals surface area contributed by atoms with Crippen LogP contribution >= 0.6 is 11.6 Å². The molecule has 0 unspecified atom stereocenters. The molecule has 3 rings (SSSR count). The van der Waals surface area contributed by atoms with Gasteiger partial charge in [0.25, 0.3) is 0 Å². The average Bonchev–Trinajstić information content (AvgIpc) is 2.72. The summed E-state index contributed by atoms with van der Waals surface area (Å²) in [6.45, 7) is 0.585. The predicted octanol–water partition coefficient (Wildman–Crippen LogP) is 2.44. The fraction of sp³-hybridized carbons (Fsp3) is 0.143. The van der Waals surface area contributed by atoms with Crippen molar-refractivity contribution in [2.24, 2.45) is 7.05 Å². The lowest BCUT2D eigenvalue weighted by molar-refractivity contribution is 0.715. The van der Waals surface area contributed by atoms with Crippen LogP contribution in [0.1, 0.15) is 5.69 Å². The van der Waals surface area contributed by atoms with Crippen molar-refractivity contribution in [3.05, 3.63) is 63.7 Å². The van der Waals surface area contributed by atoms with Crippen molar-refractivity contribution in [1.82, 2.24) is 14.3 Å². The number of nitrogens with zero attached hydrogens (tertiary/aromatic N) is 3. The van der Waals surface area contributed by atoms with Gasteiger partial charge in [-0.15, -0.1) is 0 Å². The number of aryl methyl sites for hydroxylation is 1. The van der Waals surface area contributed by atoms with Gasteiger partial charge in [0, 0.05) is 30.8 Å². The van der Waals surface area contributed by atoms with Gasteiger partial charge in [-0.05, 0) is 12.1 Å². The minimum Gasteiger partial charge on any atom is -0.341 e. The van der Waals surface area contributed by atoms with Gasteiger partial charge in [0.1, 0.15) is 5.15 Å². The van der Waals surface area contributed by atoms with Crippen molar-refractivity contribution in [3.8, 4) is 0 Å². The van der Waals surface area contributed by atoms with Gasteiger partial charge in [-0.3, -0.25) is 9.48 Å². The lowest BCUT2D eigenvalue weighted by Crippen LogP contribution is -2.09. The Balaban J connectivity index is 2.11. The summed E-state index contributed by atoms with van der Waals surface area (Å²) in [5.41, 5.74) is 1.80. The van der Waals surface area contributed by atoms with Crippen LogP contribution in [-0.4, -0.2) is 14.3 Å². The van der Waals surface area contributed by atoms with Crippen LogP contribution in [0.2, 0.25) is 5.15 Å². The molecule has 4 nitrogen and oxygen atoms in total. The summed E-state index contributed by atoms with van der Waals surface area (Å²) >= 11 is 5.98. The Labute approximate surface area is 114 Å². The fourth-order valence-corrected chi connectivity index (χ4v) is 2.31. The number of hydrogen-bond acceptors (Lipinski definition) is 2. The summed E-state index contributed by atoms with van der Waals surface area (Å²) in [4.78, 5) is 11.8. The predicted molar refractivity (Wildman–Crippen MR) is 75.5 cm³/mol. The Bertz CT molecular complexity index is 784. The van der Waals surface area contributed by atoms with Crippen molar-refractivity contribution < 1.29 is 0 Å². The van der Waals surface area contributed by atoms with Gasteiger partial charge in [0.15, 0.2) is 5.43 Å². The summed E-state index contributed by atoms with van der Waals surface area (Å²) in [5, 5.41) is 5.63. The van der Waals surface area contributed by atoms with Crippen molar-refractivity contribution in [1.29, 1.82) is 0 Å². The lowest BCUT2D eigenvalue weighted by Gasteiger charge is -2.08. The zero-order chi connectivity index (χ0) is 13.4. The average molecular weight is 274 g/mol. The number of para-hydroxylation sites is 1. The third-order valence-corrected chi connectivity index (χ3v) is 3.44. The van der Waals surface area contributed by atoms with Gasteiger partial charge in [0.05, 0.1) is 17.8 Å². The van der Waals surface area contributed by atoms with E-state index in [1.54, 1.807) is 24.0 Å². The van der Waals surface area contributed by atoms with E-state index in [1.807, 2.05) is 34.9 Å². The Morgan fingerprint density at radius 3 is 2.79 bits per heavy atom. The van der Waals surface area contributed by atoms with E-state index >= 15 is 0 Å². The molecule has 96 valence electrons. The van der Waals surface area contributed by atoms with E-state index in [1.165, 1.54) is 0 Å². The molecule has 1 aromatic carbocycles. The Morgan fingerprint density at radius 1 is 1.26 bits per heavy atom. The number of pyridine rings is 1. The highest BCUT2D eigenvalue weighted by molar-refractivity contribution is 6.29. The first-order valence-corrected chi connectivity index (χ1v) is 6.29. The van der Waals surface area contributed by atoms with Crippen LogP contribution in [0.25, 0.3) is 10.9 Å². The highest BCUT2D eigenvalue weighted by atomic mass is 35.5. The van der Waals surface area contributed by atoms with Crippen LogP contribution in [0.15, 0.2) is 47.4 Å².